The fraction of sp³-hybridized carbons (Fsp3) is 0.345. The summed E-state index contributed by atoms with van der Waals surface area (Å²) in [5, 5.41) is 0. The Balaban J connectivity index is 1.78. The molecule has 2 rings (SSSR count). The van der Waals surface area contributed by atoms with Crippen LogP contribution in [-0.4, -0.2) is 56.7 Å². The molecule has 0 saturated heterocycles. The maximum absolute atomic E-state index is 12.8. The number of carbonyl (C=O) groups excluding carboxylic acids is 3. The molecule has 0 aliphatic heterocycles. The largest absolute Gasteiger partial charge is 0.465 e. The van der Waals surface area contributed by atoms with Crippen LogP contribution in [0.3, 0.4) is 0 Å². The Morgan fingerprint density at radius 1 is 0.632 bits per heavy atom. The molecule has 204 valence electrons. The Labute approximate surface area is 222 Å². The molecule has 0 aromatic heterocycles. The summed E-state index contributed by atoms with van der Waals surface area (Å²) >= 11 is 0. The Morgan fingerprint density at radius 2 is 0.974 bits per heavy atom. The maximum Gasteiger partial charge on any atom is 0.333 e. The summed E-state index contributed by atoms with van der Waals surface area (Å²) in [5.41, 5.74) is 1.63. The molecule has 0 bridgehead atoms. The molecule has 9 nitrogen and oxygen atoms in total. The summed E-state index contributed by atoms with van der Waals surface area (Å²) in [5.74, 6) is -0.0385. The third-order valence-electron chi connectivity index (χ3n) is 4.87. The summed E-state index contributed by atoms with van der Waals surface area (Å²) in [6, 6.07) is 13.4. The van der Waals surface area contributed by atoms with Gasteiger partial charge in [-0.1, -0.05) is 13.2 Å². The lowest BCUT2D eigenvalue weighted by Gasteiger charge is -2.16. The number of benzene rings is 2. The molecule has 0 saturated carbocycles. The predicted octanol–water partition coefficient (Wildman–Crippen LogP) is 4.64. The van der Waals surface area contributed by atoms with Crippen molar-refractivity contribution in [3.05, 3.63) is 84.0 Å². The summed E-state index contributed by atoms with van der Waals surface area (Å²) < 4.78 is 32.2. The van der Waals surface area contributed by atoms with E-state index < -0.39 is 24.5 Å². The van der Waals surface area contributed by atoms with Crippen molar-refractivity contribution < 1.29 is 42.8 Å². The summed E-state index contributed by atoms with van der Waals surface area (Å²) in [6.45, 7) is 14.1. The number of hydrogen-bond donors (Lipinski definition) is 0. The second-order valence-electron chi connectivity index (χ2n) is 8.32. The van der Waals surface area contributed by atoms with E-state index in [1.54, 1.807) is 76.2 Å². The minimum atomic E-state index is -0.578. The van der Waals surface area contributed by atoms with Gasteiger partial charge in [0, 0.05) is 22.3 Å². The highest BCUT2D eigenvalue weighted by Gasteiger charge is 2.12. The molecule has 2 unspecified atom stereocenters. The van der Waals surface area contributed by atoms with Crippen LogP contribution in [0.1, 0.15) is 43.6 Å². The third-order valence-corrected chi connectivity index (χ3v) is 4.87. The van der Waals surface area contributed by atoms with E-state index in [9.17, 15) is 14.4 Å². The first-order valence-electron chi connectivity index (χ1n) is 12.0. The quantitative estimate of drug-likeness (QED) is 0.102. The third kappa shape index (κ3) is 10.6. The number of rotatable bonds is 16. The van der Waals surface area contributed by atoms with Gasteiger partial charge in [0.05, 0.1) is 13.2 Å². The van der Waals surface area contributed by atoms with Crippen LogP contribution < -0.4 is 9.47 Å². The van der Waals surface area contributed by atoms with Gasteiger partial charge in [-0.2, -0.15) is 0 Å². The van der Waals surface area contributed by atoms with Gasteiger partial charge in [-0.3, -0.25) is 4.79 Å². The number of hydrogen-bond acceptors (Lipinski definition) is 9. The molecule has 9 heteroatoms. The molecule has 2 aromatic carbocycles. The van der Waals surface area contributed by atoms with Gasteiger partial charge in [0.15, 0.2) is 18.4 Å². The average Bonchev–Trinajstić information content (AvgIpc) is 2.89. The normalized spacial score (nSPS) is 12.1. The molecule has 0 N–H and O–H groups in total. The maximum atomic E-state index is 12.8. The Bertz CT molecular complexity index is 1020. The van der Waals surface area contributed by atoms with Crippen LogP contribution in [0.5, 0.6) is 11.5 Å². The molecular formula is C29H34O9. The molecule has 0 radical (unpaired) electrons. The predicted molar refractivity (Wildman–Crippen MR) is 140 cm³/mol. The smallest absolute Gasteiger partial charge is 0.333 e. The summed E-state index contributed by atoms with van der Waals surface area (Å²) in [7, 11) is 0. The lowest BCUT2D eigenvalue weighted by atomic mass is 10.0. The van der Waals surface area contributed by atoms with Crippen molar-refractivity contribution in [1.29, 1.82) is 0 Å². The lowest BCUT2D eigenvalue weighted by molar-refractivity contribution is -0.144. The van der Waals surface area contributed by atoms with Crippen molar-refractivity contribution in [3.8, 4) is 11.5 Å². The molecule has 0 spiro atoms. The lowest BCUT2D eigenvalue weighted by Crippen LogP contribution is -2.20. The number of carbonyl (C=O) groups is 3. The van der Waals surface area contributed by atoms with Gasteiger partial charge >= 0.3 is 11.9 Å². The van der Waals surface area contributed by atoms with Crippen LogP contribution in [0.15, 0.2) is 72.8 Å². The zero-order valence-electron chi connectivity index (χ0n) is 22.2. The molecule has 0 fully saturated rings. The van der Waals surface area contributed by atoms with Gasteiger partial charge in [-0.25, -0.2) is 9.59 Å². The van der Waals surface area contributed by atoms with E-state index in [0.717, 1.165) is 0 Å². The van der Waals surface area contributed by atoms with Crippen molar-refractivity contribution in [2.45, 2.75) is 40.3 Å². The topological polar surface area (TPSA) is 107 Å². The van der Waals surface area contributed by atoms with Crippen molar-refractivity contribution in [1.82, 2.24) is 0 Å². The van der Waals surface area contributed by atoms with E-state index in [2.05, 4.69) is 13.2 Å². The molecule has 2 aromatic rings. The molecule has 0 aliphatic rings. The highest BCUT2D eigenvalue weighted by Crippen LogP contribution is 2.19. The first-order chi connectivity index (χ1) is 18.1. The second-order valence-corrected chi connectivity index (χ2v) is 8.32. The Kier molecular flexibility index (Phi) is 12.2. The Morgan fingerprint density at radius 3 is 1.29 bits per heavy atom. The highest BCUT2D eigenvalue weighted by molar-refractivity contribution is 6.09. The zero-order valence-corrected chi connectivity index (χ0v) is 22.2. The molecule has 0 heterocycles. The summed E-state index contributed by atoms with van der Waals surface area (Å²) in [6.07, 6.45) is -1.16. The van der Waals surface area contributed by atoms with E-state index in [0.29, 0.717) is 33.8 Å². The second kappa shape index (κ2) is 15.3. The van der Waals surface area contributed by atoms with E-state index in [1.807, 2.05) is 0 Å². The summed E-state index contributed by atoms with van der Waals surface area (Å²) in [4.78, 5) is 35.5. The van der Waals surface area contributed by atoms with Crippen LogP contribution in [0.25, 0.3) is 0 Å². The van der Waals surface area contributed by atoms with E-state index in [4.69, 9.17) is 28.4 Å². The van der Waals surface area contributed by atoms with Crippen molar-refractivity contribution in [2.24, 2.45) is 0 Å². The van der Waals surface area contributed by atoms with Crippen molar-refractivity contribution >= 4 is 17.7 Å². The monoisotopic (exact) mass is 526 g/mol. The van der Waals surface area contributed by atoms with Crippen molar-refractivity contribution in [2.75, 3.05) is 26.4 Å². The highest BCUT2D eigenvalue weighted by atomic mass is 16.7. The first kappa shape index (κ1) is 30.3. The zero-order chi connectivity index (χ0) is 28.1. The van der Waals surface area contributed by atoms with Gasteiger partial charge in [0.25, 0.3) is 0 Å². The van der Waals surface area contributed by atoms with Crippen LogP contribution in [0.4, 0.5) is 0 Å². The van der Waals surface area contributed by atoms with E-state index in [1.165, 1.54) is 0 Å². The van der Waals surface area contributed by atoms with Crippen LogP contribution in [0, 0.1) is 0 Å². The van der Waals surface area contributed by atoms with Gasteiger partial charge in [0.1, 0.15) is 24.7 Å². The van der Waals surface area contributed by atoms with Crippen LogP contribution in [-0.2, 0) is 28.5 Å². The van der Waals surface area contributed by atoms with Crippen LogP contribution in [0.2, 0.25) is 0 Å². The van der Waals surface area contributed by atoms with Gasteiger partial charge in [-0.15, -0.1) is 0 Å². The van der Waals surface area contributed by atoms with E-state index in [-0.39, 0.29) is 32.2 Å². The van der Waals surface area contributed by atoms with Crippen molar-refractivity contribution in [3.63, 3.8) is 0 Å². The fourth-order valence-corrected chi connectivity index (χ4v) is 2.93. The molecule has 2 atom stereocenters. The first-order valence-corrected chi connectivity index (χ1v) is 12.0. The Hall–Kier alpha value is -3.95. The minimum absolute atomic E-state index is 0.0928. The van der Waals surface area contributed by atoms with Gasteiger partial charge in [-0.05, 0) is 76.2 Å². The average molecular weight is 527 g/mol. The molecule has 0 amide bonds. The standard InChI is InChI=1S/C29H34O9/c1-19(2)28(31)35-17-15-33-21(5)37-25-11-7-23(8-12-25)27(30)24-9-13-26(14-10-24)38-22(6)34-16-18-36-29(32)20(3)4/h7-14,21-22H,1,3,15-18H2,2,4-6H3. The van der Waals surface area contributed by atoms with Gasteiger partial charge in [0.2, 0.25) is 0 Å². The molecule has 0 aliphatic carbocycles. The van der Waals surface area contributed by atoms with Crippen LogP contribution >= 0.6 is 0 Å². The SMILES string of the molecule is C=C(C)C(=O)OCCOC(C)Oc1ccc(C(=O)c2ccc(OC(C)OCCOC(=O)C(=C)C)cc2)cc1. The molecular weight excluding hydrogens is 492 g/mol. The minimum Gasteiger partial charge on any atom is -0.465 e. The van der Waals surface area contributed by atoms with Gasteiger partial charge < -0.3 is 28.4 Å². The number of esters is 2. The fourth-order valence-electron chi connectivity index (χ4n) is 2.93. The number of ketones is 1. The number of ether oxygens (including phenoxy) is 6. The molecule has 38 heavy (non-hydrogen) atoms. The van der Waals surface area contributed by atoms with E-state index >= 15 is 0 Å².